The van der Waals surface area contributed by atoms with E-state index >= 15 is 0 Å². The molecule has 18 heavy (non-hydrogen) atoms. The quantitative estimate of drug-likeness (QED) is 0.661. The third-order valence-electron chi connectivity index (χ3n) is 3.46. The van der Waals surface area contributed by atoms with Crippen molar-refractivity contribution in [1.29, 1.82) is 0 Å². The normalized spacial score (nSPS) is 19.7. The second-order valence-corrected chi connectivity index (χ2v) is 4.87. The van der Waals surface area contributed by atoms with Gasteiger partial charge >= 0.3 is 5.69 Å². The molecule has 1 heterocycles. The summed E-state index contributed by atoms with van der Waals surface area (Å²) in [6, 6.07) is 5.46. The molecule has 0 spiro atoms. The zero-order valence-electron chi connectivity index (χ0n) is 10.8. The Morgan fingerprint density at radius 3 is 2.89 bits per heavy atom. The van der Waals surface area contributed by atoms with Gasteiger partial charge < -0.3 is 10.2 Å². The number of para-hydroxylation sites is 1. The van der Waals surface area contributed by atoms with Crippen LogP contribution in [0.4, 0.5) is 17.1 Å². The Bertz CT molecular complexity index is 448. The summed E-state index contributed by atoms with van der Waals surface area (Å²) in [6.45, 7) is 3.99. The highest BCUT2D eigenvalue weighted by Crippen LogP contribution is 2.36. The molecular formula is C13H19N3O2. The highest BCUT2D eigenvalue weighted by molar-refractivity contribution is 5.77. The van der Waals surface area contributed by atoms with Gasteiger partial charge in [-0.3, -0.25) is 10.1 Å². The maximum absolute atomic E-state index is 11.3. The van der Waals surface area contributed by atoms with E-state index in [0.29, 0.717) is 11.6 Å². The molecule has 0 aromatic heterocycles. The van der Waals surface area contributed by atoms with Crippen molar-refractivity contribution in [2.45, 2.75) is 19.8 Å². The van der Waals surface area contributed by atoms with Gasteiger partial charge in [0.1, 0.15) is 11.4 Å². The van der Waals surface area contributed by atoms with Crippen LogP contribution in [0.25, 0.3) is 0 Å². The monoisotopic (exact) mass is 249 g/mol. The topological polar surface area (TPSA) is 58.4 Å². The summed E-state index contributed by atoms with van der Waals surface area (Å²) >= 11 is 0. The first-order valence-electron chi connectivity index (χ1n) is 6.33. The van der Waals surface area contributed by atoms with Crippen LogP contribution in [-0.4, -0.2) is 25.1 Å². The molecule has 1 aliphatic heterocycles. The molecule has 1 aliphatic rings. The summed E-state index contributed by atoms with van der Waals surface area (Å²) < 4.78 is 0. The molecule has 1 atom stereocenters. The molecule has 0 aliphatic carbocycles. The van der Waals surface area contributed by atoms with Crippen LogP contribution < -0.4 is 10.2 Å². The maximum atomic E-state index is 11.3. The van der Waals surface area contributed by atoms with Crippen LogP contribution in [0.1, 0.15) is 19.8 Å². The molecule has 0 bridgehead atoms. The third kappa shape index (κ3) is 2.39. The van der Waals surface area contributed by atoms with E-state index in [1.165, 1.54) is 6.42 Å². The Morgan fingerprint density at radius 2 is 2.28 bits per heavy atom. The van der Waals surface area contributed by atoms with Crippen LogP contribution in [0.2, 0.25) is 0 Å². The minimum atomic E-state index is -0.291. The molecule has 5 nitrogen and oxygen atoms in total. The van der Waals surface area contributed by atoms with Crippen LogP contribution in [0.3, 0.4) is 0 Å². The van der Waals surface area contributed by atoms with Gasteiger partial charge in [-0.15, -0.1) is 0 Å². The average Bonchev–Trinajstić information content (AvgIpc) is 2.37. The van der Waals surface area contributed by atoms with E-state index in [2.05, 4.69) is 17.1 Å². The number of piperidine rings is 1. The van der Waals surface area contributed by atoms with Crippen LogP contribution in [0.5, 0.6) is 0 Å². The molecular weight excluding hydrogens is 230 g/mol. The number of benzene rings is 1. The highest BCUT2D eigenvalue weighted by Gasteiger charge is 2.26. The summed E-state index contributed by atoms with van der Waals surface area (Å²) in [4.78, 5) is 13.1. The van der Waals surface area contributed by atoms with Gasteiger partial charge in [0.05, 0.1) is 4.92 Å². The summed E-state index contributed by atoms with van der Waals surface area (Å²) in [5.41, 5.74) is 1.50. The first-order chi connectivity index (χ1) is 8.63. The molecule has 2 rings (SSSR count). The van der Waals surface area contributed by atoms with E-state index < -0.39 is 0 Å². The summed E-state index contributed by atoms with van der Waals surface area (Å²) in [6.07, 6.45) is 2.30. The SMILES string of the molecule is CNc1cccc(N2CCCC(C)C2)c1[N+](=O)[O-]. The van der Waals surface area contributed by atoms with Crippen molar-refractivity contribution in [1.82, 2.24) is 0 Å². The standard InChI is InChI=1S/C13H19N3O2/c1-10-5-4-8-15(9-10)12-7-3-6-11(14-2)13(12)16(17)18/h3,6-7,10,14H,4-5,8-9H2,1-2H3. The zero-order valence-corrected chi connectivity index (χ0v) is 10.8. The molecule has 1 saturated heterocycles. The van der Waals surface area contributed by atoms with Gasteiger partial charge in [-0.1, -0.05) is 13.0 Å². The lowest BCUT2D eigenvalue weighted by atomic mass is 9.99. The Morgan fingerprint density at radius 1 is 1.50 bits per heavy atom. The fourth-order valence-corrected chi connectivity index (χ4v) is 2.59. The van der Waals surface area contributed by atoms with Crippen LogP contribution in [0, 0.1) is 16.0 Å². The van der Waals surface area contributed by atoms with Crippen LogP contribution >= 0.6 is 0 Å². The first kappa shape index (κ1) is 12.7. The number of rotatable bonds is 3. The minimum absolute atomic E-state index is 0.189. The largest absolute Gasteiger partial charge is 0.382 e. The molecule has 1 aromatic rings. The van der Waals surface area contributed by atoms with Gasteiger partial charge in [0, 0.05) is 20.1 Å². The van der Waals surface area contributed by atoms with Crippen molar-refractivity contribution in [3.05, 3.63) is 28.3 Å². The average molecular weight is 249 g/mol. The van der Waals surface area contributed by atoms with E-state index in [9.17, 15) is 10.1 Å². The highest BCUT2D eigenvalue weighted by atomic mass is 16.6. The number of hydrogen-bond acceptors (Lipinski definition) is 4. The van der Waals surface area contributed by atoms with Gasteiger partial charge in [-0.25, -0.2) is 0 Å². The van der Waals surface area contributed by atoms with Gasteiger partial charge in [0.2, 0.25) is 0 Å². The van der Waals surface area contributed by atoms with Crippen molar-refractivity contribution in [2.24, 2.45) is 5.92 Å². The van der Waals surface area contributed by atoms with E-state index in [1.807, 2.05) is 12.1 Å². The second kappa shape index (κ2) is 5.25. The maximum Gasteiger partial charge on any atom is 0.315 e. The predicted octanol–water partition coefficient (Wildman–Crippen LogP) is 2.87. The smallest absolute Gasteiger partial charge is 0.315 e. The van der Waals surface area contributed by atoms with E-state index in [4.69, 9.17) is 0 Å². The molecule has 1 fully saturated rings. The van der Waals surface area contributed by atoms with Crippen molar-refractivity contribution < 1.29 is 4.92 Å². The third-order valence-corrected chi connectivity index (χ3v) is 3.46. The Hall–Kier alpha value is -1.78. The number of nitro groups is 1. The number of nitro benzene ring substituents is 1. The van der Waals surface area contributed by atoms with Crippen molar-refractivity contribution in [3.63, 3.8) is 0 Å². The number of nitrogens with zero attached hydrogens (tertiary/aromatic N) is 2. The Kier molecular flexibility index (Phi) is 3.69. The fraction of sp³-hybridized carbons (Fsp3) is 0.538. The van der Waals surface area contributed by atoms with Crippen molar-refractivity contribution >= 4 is 17.1 Å². The molecule has 0 saturated carbocycles. The van der Waals surface area contributed by atoms with Gasteiger partial charge in [0.25, 0.3) is 0 Å². The number of anilines is 2. The van der Waals surface area contributed by atoms with E-state index in [0.717, 1.165) is 25.2 Å². The lowest BCUT2D eigenvalue weighted by molar-refractivity contribution is -0.383. The number of nitrogens with one attached hydrogen (secondary N) is 1. The fourth-order valence-electron chi connectivity index (χ4n) is 2.59. The molecule has 1 unspecified atom stereocenters. The molecule has 1 aromatic carbocycles. The molecule has 1 N–H and O–H groups in total. The van der Waals surface area contributed by atoms with E-state index in [1.54, 1.807) is 13.1 Å². The lowest BCUT2D eigenvalue weighted by Crippen LogP contribution is -2.34. The first-order valence-corrected chi connectivity index (χ1v) is 6.33. The summed E-state index contributed by atoms with van der Waals surface area (Å²) in [5, 5.41) is 14.2. The second-order valence-electron chi connectivity index (χ2n) is 4.87. The van der Waals surface area contributed by atoms with Crippen LogP contribution in [0.15, 0.2) is 18.2 Å². The predicted molar refractivity (Wildman–Crippen MR) is 73.3 cm³/mol. The Balaban J connectivity index is 2.40. The zero-order chi connectivity index (χ0) is 13.1. The van der Waals surface area contributed by atoms with Crippen molar-refractivity contribution in [2.75, 3.05) is 30.4 Å². The minimum Gasteiger partial charge on any atom is -0.382 e. The molecule has 0 amide bonds. The summed E-state index contributed by atoms with van der Waals surface area (Å²) in [5.74, 6) is 0.594. The lowest BCUT2D eigenvalue weighted by Gasteiger charge is -2.32. The summed E-state index contributed by atoms with van der Waals surface area (Å²) in [7, 11) is 1.71. The van der Waals surface area contributed by atoms with Crippen LogP contribution in [-0.2, 0) is 0 Å². The number of hydrogen-bond donors (Lipinski definition) is 1. The molecule has 0 radical (unpaired) electrons. The van der Waals surface area contributed by atoms with Gasteiger partial charge in [-0.2, -0.15) is 0 Å². The van der Waals surface area contributed by atoms with Gasteiger partial charge in [-0.05, 0) is 30.9 Å². The van der Waals surface area contributed by atoms with Gasteiger partial charge in [0.15, 0.2) is 0 Å². The van der Waals surface area contributed by atoms with E-state index in [-0.39, 0.29) is 10.6 Å². The molecule has 5 heteroatoms. The Labute approximate surface area is 107 Å². The van der Waals surface area contributed by atoms with Crippen molar-refractivity contribution in [3.8, 4) is 0 Å². The molecule has 98 valence electrons.